The van der Waals surface area contributed by atoms with Crippen molar-refractivity contribution < 1.29 is 19.7 Å². The van der Waals surface area contributed by atoms with Crippen molar-refractivity contribution in [1.29, 1.82) is 0 Å². The Balaban J connectivity index is 1.44. The molecule has 0 unspecified atom stereocenters. The number of rotatable bonds is 6. The van der Waals surface area contributed by atoms with Crippen molar-refractivity contribution in [1.82, 2.24) is 5.32 Å². The molecular formula is C22H25NO4. The van der Waals surface area contributed by atoms with E-state index < -0.39 is 0 Å². The lowest BCUT2D eigenvalue weighted by Gasteiger charge is -2.38. The third-order valence-electron chi connectivity index (χ3n) is 5.56. The van der Waals surface area contributed by atoms with Gasteiger partial charge in [0.25, 0.3) is 0 Å². The summed E-state index contributed by atoms with van der Waals surface area (Å²) in [6.45, 7) is 0.710. The highest BCUT2D eigenvalue weighted by Crippen LogP contribution is 2.39. The van der Waals surface area contributed by atoms with Gasteiger partial charge < -0.3 is 20.3 Å². The number of amides is 1. The Morgan fingerprint density at radius 3 is 2.85 bits per heavy atom. The fourth-order valence-corrected chi connectivity index (χ4v) is 3.99. The van der Waals surface area contributed by atoms with Gasteiger partial charge in [0.15, 0.2) is 0 Å². The molecule has 0 spiro atoms. The number of hydrogen-bond acceptors (Lipinski definition) is 4. The van der Waals surface area contributed by atoms with Crippen LogP contribution in [0.4, 0.5) is 0 Å². The van der Waals surface area contributed by atoms with E-state index in [1.54, 1.807) is 18.2 Å². The van der Waals surface area contributed by atoms with Crippen LogP contribution in [0.5, 0.6) is 11.5 Å². The average molecular weight is 367 g/mol. The third-order valence-corrected chi connectivity index (χ3v) is 5.56. The number of aryl methyl sites for hydroxylation is 1. The number of aliphatic hydroxyl groups is 1. The number of phenols is 1. The second kappa shape index (κ2) is 7.61. The number of phenolic OH excluding ortho intramolecular Hbond substituents is 1. The summed E-state index contributed by atoms with van der Waals surface area (Å²) in [5.41, 5.74) is 3.21. The maximum Gasteiger partial charge on any atom is 0.220 e. The Morgan fingerprint density at radius 1 is 1.22 bits per heavy atom. The van der Waals surface area contributed by atoms with E-state index in [4.69, 9.17) is 4.74 Å². The molecule has 2 aromatic carbocycles. The van der Waals surface area contributed by atoms with Crippen LogP contribution in [0.25, 0.3) is 0 Å². The van der Waals surface area contributed by atoms with Crippen LogP contribution in [-0.2, 0) is 17.6 Å². The molecule has 1 aliphatic heterocycles. The number of aromatic hydroxyl groups is 1. The predicted octanol–water partition coefficient (Wildman–Crippen LogP) is 2.89. The van der Waals surface area contributed by atoms with Gasteiger partial charge in [-0.15, -0.1) is 0 Å². The van der Waals surface area contributed by atoms with Gasteiger partial charge >= 0.3 is 0 Å². The summed E-state index contributed by atoms with van der Waals surface area (Å²) in [5.74, 6) is 1.39. The molecule has 1 amide bonds. The Labute approximate surface area is 159 Å². The number of aliphatic hydroxyl groups excluding tert-OH is 1. The number of carbonyl (C=O) groups is 1. The topological polar surface area (TPSA) is 78.8 Å². The predicted molar refractivity (Wildman–Crippen MR) is 102 cm³/mol. The molecule has 0 aromatic heterocycles. The van der Waals surface area contributed by atoms with Gasteiger partial charge in [0.1, 0.15) is 11.5 Å². The van der Waals surface area contributed by atoms with Crippen molar-refractivity contribution in [2.45, 2.75) is 44.2 Å². The molecule has 0 radical (unpaired) electrons. The number of ether oxygens (including phenoxy) is 1. The minimum Gasteiger partial charge on any atom is -0.508 e. The van der Waals surface area contributed by atoms with E-state index in [0.717, 1.165) is 23.3 Å². The van der Waals surface area contributed by atoms with Crippen molar-refractivity contribution in [2.75, 3.05) is 6.61 Å². The van der Waals surface area contributed by atoms with Gasteiger partial charge in [0.2, 0.25) is 5.91 Å². The Kier molecular flexibility index (Phi) is 5.03. The molecule has 5 heteroatoms. The van der Waals surface area contributed by atoms with Crippen molar-refractivity contribution in [3.05, 3.63) is 59.2 Å². The number of fused-ring (bicyclic) bond motifs is 1. The molecule has 27 heavy (non-hydrogen) atoms. The van der Waals surface area contributed by atoms with Crippen molar-refractivity contribution >= 4 is 5.91 Å². The van der Waals surface area contributed by atoms with Gasteiger partial charge in [-0.25, -0.2) is 0 Å². The minimum absolute atomic E-state index is 0.0125. The molecule has 1 saturated carbocycles. The molecule has 1 aliphatic carbocycles. The highest BCUT2D eigenvalue weighted by molar-refractivity contribution is 5.76. The van der Waals surface area contributed by atoms with E-state index in [2.05, 4.69) is 11.4 Å². The van der Waals surface area contributed by atoms with E-state index in [0.29, 0.717) is 32.3 Å². The molecule has 0 bridgehead atoms. The van der Waals surface area contributed by atoms with Crippen LogP contribution in [0.3, 0.4) is 0 Å². The van der Waals surface area contributed by atoms with Gasteiger partial charge in [-0.2, -0.15) is 0 Å². The highest BCUT2D eigenvalue weighted by Gasteiger charge is 2.36. The second-order valence-corrected chi connectivity index (χ2v) is 7.57. The quantitative estimate of drug-likeness (QED) is 0.734. The molecule has 3 N–H and O–H groups in total. The van der Waals surface area contributed by atoms with Crippen LogP contribution >= 0.6 is 0 Å². The summed E-state index contributed by atoms with van der Waals surface area (Å²) >= 11 is 0. The molecule has 2 aliphatic rings. The Hall–Kier alpha value is -2.53. The largest absolute Gasteiger partial charge is 0.508 e. The molecule has 1 heterocycles. The van der Waals surface area contributed by atoms with Crippen LogP contribution in [0.2, 0.25) is 0 Å². The lowest BCUT2D eigenvalue weighted by atomic mass is 9.74. The normalized spacial score (nSPS) is 21.7. The number of nitrogens with one attached hydrogen (secondary N) is 1. The first-order chi connectivity index (χ1) is 13.1. The zero-order chi connectivity index (χ0) is 18.8. The standard InChI is InChI=1S/C22H25NO4/c24-18-3-1-2-14(10-18)4-7-21(26)23-22(17-12-19(25)13-17)16-5-6-20-15(11-16)8-9-27-20/h1-3,5-6,10-11,17,19,22,24-25H,4,7-9,12-13H2,(H,23,26)/t17?,19?,22-/m1/s1. The molecule has 1 fully saturated rings. The third kappa shape index (κ3) is 4.08. The van der Waals surface area contributed by atoms with E-state index >= 15 is 0 Å². The van der Waals surface area contributed by atoms with Crippen LogP contribution in [0, 0.1) is 5.92 Å². The van der Waals surface area contributed by atoms with Crippen LogP contribution < -0.4 is 10.1 Å². The average Bonchev–Trinajstić information content (AvgIpc) is 3.10. The van der Waals surface area contributed by atoms with E-state index in [1.807, 2.05) is 18.2 Å². The lowest BCUT2D eigenvalue weighted by Crippen LogP contribution is -2.41. The maximum atomic E-state index is 12.6. The maximum absolute atomic E-state index is 12.6. The number of hydrogen-bond donors (Lipinski definition) is 3. The zero-order valence-corrected chi connectivity index (χ0v) is 15.2. The second-order valence-electron chi connectivity index (χ2n) is 7.57. The van der Waals surface area contributed by atoms with Crippen molar-refractivity contribution in [2.24, 2.45) is 5.92 Å². The summed E-state index contributed by atoms with van der Waals surface area (Å²) in [6.07, 6.45) is 3.01. The summed E-state index contributed by atoms with van der Waals surface area (Å²) < 4.78 is 5.58. The van der Waals surface area contributed by atoms with Gasteiger partial charge in [0, 0.05) is 12.8 Å². The zero-order valence-electron chi connectivity index (χ0n) is 15.2. The van der Waals surface area contributed by atoms with Gasteiger partial charge in [0.05, 0.1) is 18.8 Å². The molecule has 1 atom stereocenters. The molecule has 4 rings (SSSR count). The smallest absolute Gasteiger partial charge is 0.220 e. The lowest BCUT2D eigenvalue weighted by molar-refractivity contribution is -0.123. The van der Waals surface area contributed by atoms with Crippen molar-refractivity contribution in [3.8, 4) is 11.5 Å². The van der Waals surface area contributed by atoms with E-state index in [1.165, 1.54) is 5.56 Å². The van der Waals surface area contributed by atoms with E-state index in [-0.39, 0.29) is 29.7 Å². The summed E-state index contributed by atoms with van der Waals surface area (Å²) in [5, 5.41) is 22.5. The van der Waals surface area contributed by atoms with Crippen LogP contribution in [-0.4, -0.2) is 28.8 Å². The van der Waals surface area contributed by atoms with E-state index in [9.17, 15) is 15.0 Å². The minimum atomic E-state index is -0.264. The number of benzene rings is 2. The fraction of sp³-hybridized carbons (Fsp3) is 0.409. The summed E-state index contributed by atoms with van der Waals surface area (Å²) in [4.78, 5) is 12.6. The van der Waals surface area contributed by atoms with Gasteiger partial charge in [-0.1, -0.05) is 18.2 Å². The molecule has 2 aromatic rings. The highest BCUT2D eigenvalue weighted by atomic mass is 16.5. The Bertz CT molecular complexity index is 829. The molecular weight excluding hydrogens is 342 g/mol. The first kappa shape index (κ1) is 17.9. The first-order valence-electron chi connectivity index (χ1n) is 9.59. The Morgan fingerprint density at radius 2 is 2.07 bits per heavy atom. The summed E-state index contributed by atoms with van der Waals surface area (Å²) in [6, 6.07) is 13.1. The van der Waals surface area contributed by atoms with Gasteiger partial charge in [-0.3, -0.25) is 4.79 Å². The monoisotopic (exact) mass is 367 g/mol. The molecule has 5 nitrogen and oxygen atoms in total. The van der Waals surface area contributed by atoms with Crippen LogP contribution in [0.15, 0.2) is 42.5 Å². The SMILES string of the molecule is O=C(CCc1cccc(O)c1)N[C@H](c1ccc2c(c1)CCO2)C1CC(O)C1. The first-order valence-corrected chi connectivity index (χ1v) is 9.59. The number of carbonyl (C=O) groups excluding carboxylic acids is 1. The fourth-order valence-electron chi connectivity index (χ4n) is 3.99. The van der Waals surface area contributed by atoms with Gasteiger partial charge in [-0.05, 0) is 66.1 Å². The molecule has 142 valence electrons. The summed E-state index contributed by atoms with van der Waals surface area (Å²) in [7, 11) is 0. The van der Waals surface area contributed by atoms with Crippen molar-refractivity contribution in [3.63, 3.8) is 0 Å². The molecule has 0 saturated heterocycles. The van der Waals surface area contributed by atoms with Crippen LogP contribution in [0.1, 0.15) is 42.0 Å².